The van der Waals surface area contributed by atoms with Crippen molar-refractivity contribution in [1.82, 2.24) is 10.3 Å². The van der Waals surface area contributed by atoms with E-state index in [9.17, 15) is 0 Å². The highest BCUT2D eigenvalue weighted by atomic mass is 35.5. The van der Waals surface area contributed by atoms with Gasteiger partial charge in [0.05, 0.1) is 22.1 Å². The molecule has 0 radical (unpaired) electrons. The van der Waals surface area contributed by atoms with Gasteiger partial charge >= 0.3 is 0 Å². The van der Waals surface area contributed by atoms with Crippen molar-refractivity contribution in [2.75, 3.05) is 4.90 Å². The number of halogens is 1. The van der Waals surface area contributed by atoms with E-state index in [2.05, 4.69) is 28.2 Å². The van der Waals surface area contributed by atoms with Gasteiger partial charge in [-0.2, -0.15) is 0 Å². The maximum atomic E-state index is 6.28. The summed E-state index contributed by atoms with van der Waals surface area (Å²) in [5.74, 6) is 1.58. The Hall–Kier alpha value is -2.93. The zero-order valence-electron chi connectivity index (χ0n) is 17.2. The minimum atomic E-state index is -0.0816. The molecule has 32 heavy (non-hydrogen) atoms. The lowest BCUT2D eigenvalue weighted by atomic mass is 10.0. The van der Waals surface area contributed by atoms with Crippen LogP contribution in [0.1, 0.15) is 28.2 Å². The summed E-state index contributed by atoms with van der Waals surface area (Å²) in [5, 5.41) is 4.12. The van der Waals surface area contributed by atoms with Crippen molar-refractivity contribution >= 4 is 46.0 Å². The summed E-state index contributed by atoms with van der Waals surface area (Å²) >= 11 is 13.6. The molecule has 0 amide bonds. The molecule has 0 spiro atoms. The maximum Gasteiger partial charge on any atom is 0.174 e. The van der Waals surface area contributed by atoms with Crippen LogP contribution in [-0.4, -0.2) is 10.1 Å². The molecule has 0 bridgehead atoms. The molecule has 4 aromatic rings. The van der Waals surface area contributed by atoms with E-state index >= 15 is 0 Å². The number of aryl methyl sites for hydroxylation is 1. The van der Waals surface area contributed by atoms with Gasteiger partial charge in [-0.05, 0) is 79.8 Å². The Morgan fingerprint density at radius 1 is 0.969 bits per heavy atom. The summed E-state index contributed by atoms with van der Waals surface area (Å²) < 4.78 is 6.74. The van der Waals surface area contributed by atoms with Crippen LogP contribution in [0.5, 0.6) is 11.5 Å². The van der Waals surface area contributed by atoms with Crippen LogP contribution in [0.2, 0.25) is 4.34 Å². The number of nitrogens with one attached hydrogen (secondary N) is 1. The number of ether oxygens (including phenoxy) is 1. The molecule has 1 aliphatic rings. The van der Waals surface area contributed by atoms with Gasteiger partial charge in [0.1, 0.15) is 11.5 Å². The fourth-order valence-corrected chi connectivity index (χ4v) is 5.36. The predicted molar refractivity (Wildman–Crippen MR) is 135 cm³/mol. The van der Waals surface area contributed by atoms with Gasteiger partial charge in [-0.3, -0.25) is 4.98 Å². The molecule has 1 saturated heterocycles. The number of nitrogens with zero attached hydrogens (tertiary/aromatic N) is 2. The standard InChI is InChI=1S/C25H20ClN3OS2/c1-16-5-9-18(10-6-16)30-19-11-7-17(8-12-19)29-24(21-13-14-22(26)32-21)23(28-25(29)31)20-4-2-3-15-27-20/h2-15,23-24H,1H3,(H,28,31)/t23-,24+/m0/s1. The smallest absolute Gasteiger partial charge is 0.174 e. The Kier molecular flexibility index (Phi) is 5.83. The molecule has 2 aromatic heterocycles. The quantitative estimate of drug-likeness (QED) is 0.311. The molecule has 5 rings (SSSR count). The number of rotatable bonds is 5. The molecular formula is C25H20ClN3OS2. The minimum absolute atomic E-state index is 0.0567. The van der Waals surface area contributed by atoms with Crippen LogP contribution in [0.3, 0.4) is 0 Å². The molecular weight excluding hydrogens is 458 g/mol. The first-order chi connectivity index (χ1) is 15.6. The van der Waals surface area contributed by atoms with Gasteiger partial charge in [0.2, 0.25) is 0 Å². The molecule has 0 unspecified atom stereocenters. The van der Waals surface area contributed by atoms with Crippen LogP contribution in [0.25, 0.3) is 0 Å². The van der Waals surface area contributed by atoms with Crippen LogP contribution >= 0.6 is 35.2 Å². The third-order valence-electron chi connectivity index (χ3n) is 5.36. The maximum absolute atomic E-state index is 6.28. The number of thiocarbonyl (C=S) groups is 1. The second-order valence-electron chi connectivity index (χ2n) is 7.55. The molecule has 1 N–H and O–H groups in total. The van der Waals surface area contributed by atoms with E-state index in [1.165, 1.54) is 5.56 Å². The Morgan fingerprint density at radius 3 is 2.31 bits per heavy atom. The second-order valence-corrected chi connectivity index (χ2v) is 9.68. The lowest BCUT2D eigenvalue weighted by Crippen LogP contribution is -2.28. The zero-order valence-corrected chi connectivity index (χ0v) is 19.6. The SMILES string of the molecule is Cc1ccc(Oc2ccc(N3C(=S)N[C@@H](c4ccccn4)[C@H]3c3ccc(Cl)s3)cc2)cc1. The van der Waals surface area contributed by atoms with E-state index in [1.54, 1.807) is 17.5 Å². The van der Waals surface area contributed by atoms with Crippen molar-refractivity contribution in [2.45, 2.75) is 19.0 Å². The van der Waals surface area contributed by atoms with Gasteiger partial charge in [0.15, 0.2) is 5.11 Å². The minimum Gasteiger partial charge on any atom is -0.457 e. The molecule has 3 heterocycles. The van der Waals surface area contributed by atoms with Crippen LogP contribution in [0, 0.1) is 6.92 Å². The van der Waals surface area contributed by atoms with Crippen LogP contribution in [0.4, 0.5) is 5.69 Å². The number of aromatic nitrogens is 1. The van der Waals surface area contributed by atoms with Crippen molar-refractivity contribution in [3.8, 4) is 11.5 Å². The molecule has 4 nitrogen and oxygen atoms in total. The summed E-state index contributed by atoms with van der Waals surface area (Å²) in [6, 6.07) is 25.8. The first-order valence-electron chi connectivity index (χ1n) is 10.2. The van der Waals surface area contributed by atoms with Gasteiger partial charge in [-0.25, -0.2) is 0 Å². The topological polar surface area (TPSA) is 37.4 Å². The van der Waals surface area contributed by atoms with E-state index in [4.69, 9.17) is 28.6 Å². The van der Waals surface area contributed by atoms with E-state index in [0.29, 0.717) is 5.11 Å². The fraction of sp³-hybridized carbons (Fsp3) is 0.120. The van der Waals surface area contributed by atoms with Gasteiger partial charge in [-0.15, -0.1) is 11.3 Å². The first kappa shape index (κ1) is 20.9. The Bertz CT molecular complexity index is 1230. The van der Waals surface area contributed by atoms with Crippen molar-refractivity contribution in [2.24, 2.45) is 0 Å². The molecule has 2 aromatic carbocycles. The molecule has 1 aliphatic heterocycles. The van der Waals surface area contributed by atoms with Crippen molar-refractivity contribution < 1.29 is 4.74 Å². The van der Waals surface area contributed by atoms with E-state index in [-0.39, 0.29) is 12.1 Å². The first-order valence-corrected chi connectivity index (χ1v) is 11.8. The average Bonchev–Trinajstić information content (AvgIpc) is 3.39. The third kappa shape index (κ3) is 4.21. The number of pyridine rings is 1. The summed E-state index contributed by atoms with van der Waals surface area (Å²) in [5.41, 5.74) is 3.11. The highest BCUT2D eigenvalue weighted by Crippen LogP contribution is 2.44. The largest absolute Gasteiger partial charge is 0.457 e. The molecule has 1 fully saturated rings. The van der Waals surface area contributed by atoms with Crippen LogP contribution < -0.4 is 15.0 Å². The fourth-order valence-electron chi connectivity index (χ4n) is 3.83. The summed E-state index contributed by atoms with van der Waals surface area (Å²) in [6.07, 6.45) is 1.80. The Morgan fingerprint density at radius 2 is 1.69 bits per heavy atom. The molecule has 0 aliphatic carbocycles. The number of benzene rings is 2. The zero-order chi connectivity index (χ0) is 22.1. The average molecular weight is 478 g/mol. The van der Waals surface area contributed by atoms with E-state index in [0.717, 1.165) is 32.1 Å². The Labute approximate surface area is 201 Å². The molecule has 160 valence electrons. The van der Waals surface area contributed by atoms with Gasteiger partial charge < -0.3 is 15.0 Å². The number of thiophene rings is 1. The van der Waals surface area contributed by atoms with Crippen LogP contribution in [0.15, 0.2) is 85.1 Å². The van der Waals surface area contributed by atoms with Crippen molar-refractivity contribution in [1.29, 1.82) is 0 Å². The van der Waals surface area contributed by atoms with Crippen LogP contribution in [-0.2, 0) is 0 Å². The summed E-state index contributed by atoms with van der Waals surface area (Å²) in [4.78, 5) is 7.83. The monoisotopic (exact) mass is 477 g/mol. The summed E-state index contributed by atoms with van der Waals surface area (Å²) in [6.45, 7) is 2.06. The van der Waals surface area contributed by atoms with Gasteiger partial charge in [-0.1, -0.05) is 35.4 Å². The van der Waals surface area contributed by atoms with E-state index < -0.39 is 0 Å². The second kappa shape index (κ2) is 8.90. The van der Waals surface area contributed by atoms with Crippen molar-refractivity contribution in [3.05, 3.63) is 106 Å². The lowest BCUT2D eigenvalue weighted by molar-refractivity contribution is 0.482. The van der Waals surface area contributed by atoms with Crippen molar-refractivity contribution in [3.63, 3.8) is 0 Å². The molecule has 2 atom stereocenters. The highest BCUT2D eigenvalue weighted by molar-refractivity contribution is 7.80. The lowest BCUT2D eigenvalue weighted by Gasteiger charge is -2.27. The van der Waals surface area contributed by atoms with Gasteiger partial charge in [0.25, 0.3) is 0 Å². The summed E-state index contributed by atoms with van der Waals surface area (Å²) in [7, 11) is 0. The number of anilines is 1. The number of hydrogen-bond acceptors (Lipinski definition) is 4. The number of hydrogen-bond donors (Lipinski definition) is 1. The third-order valence-corrected chi connectivity index (χ3v) is 6.97. The normalized spacial score (nSPS) is 17.9. The molecule has 7 heteroatoms. The van der Waals surface area contributed by atoms with Gasteiger partial charge in [0, 0.05) is 16.8 Å². The van der Waals surface area contributed by atoms with E-state index in [1.807, 2.05) is 72.8 Å². The predicted octanol–water partition coefficient (Wildman–Crippen LogP) is 7.07. The highest BCUT2D eigenvalue weighted by Gasteiger charge is 2.41. The Balaban J connectivity index is 1.46. The molecule has 0 saturated carbocycles.